The first-order valence-electron chi connectivity index (χ1n) is 10.6. The van der Waals surface area contributed by atoms with Crippen LogP contribution >= 0.6 is 0 Å². The highest BCUT2D eigenvalue weighted by Crippen LogP contribution is 2.37. The summed E-state index contributed by atoms with van der Waals surface area (Å²) in [6, 6.07) is 10.7. The van der Waals surface area contributed by atoms with Gasteiger partial charge in [0.2, 0.25) is 11.8 Å². The predicted molar refractivity (Wildman–Crippen MR) is 131 cm³/mol. The van der Waals surface area contributed by atoms with Crippen molar-refractivity contribution >= 4 is 16.9 Å². The van der Waals surface area contributed by atoms with Crippen molar-refractivity contribution in [3.63, 3.8) is 0 Å². The van der Waals surface area contributed by atoms with Gasteiger partial charge in [-0.1, -0.05) is 12.1 Å². The van der Waals surface area contributed by atoms with Gasteiger partial charge >= 0.3 is 0 Å². The van der Waals surface area contributed by atoms with Crippen LogP contribution in [0, 0.1) is 6.92 Å². The number of hydrogen-bond donors (Lipinski definition) is 1. The van der Waals surface area contributed by atoms with Crippen LogP contribution in [0.1, 0.15) is 11.4 Å². The van der Waals surface area contributed by atoms with Gasteiger partial charge in [-0.15, -0.1) is 10.2 Å². The number of anilines is 1. The van der Waals surface area contributed by atoms with Gasteiger partial charge in [0, 0.05) is 24.2 Å². The summed E-state index contributed by atoms with van der Waals surface area (Å²) in [6.45, 7) is 1.82. The van der Waals surface area contributed by atoms with E-state index in [2.05, 4.69) is 29.9 Å². The van der Waals surface area contributed by atoms with Crippen molar-refractivity contribution in [2.24, 2.45) is 0 Å². The molecule has 3 aromatic heterocycles. The summed E-state index contributed by atoms with van der Waals surface area (Å²) < 4.78 is 34.1. The summed E-state index contributed by atoms with van der Waals surface area (Å²) in [6.07, 6.45) is 3.99. The van der Waals surface area contributed by atoms with Gasteiger partial charge in [0.25, 0.3) is 0 Å². The smallest absolute Gasteiger partial charge is 0.241 e. The van der Waals surface area contributed by atoms with Gasteiger partial charge in [0.15, 0.2) is 5.82 Å². The summed E-state index contributed by atoms with van der Waals surface area (Å²) in [5, 5.41) is 8.61. The van der Waals surface area contributed by atoms with Crippen LogP contribution in [-0.4, -0.2) is 61.0 Å². The number of pyridine rings is 1. The van der Waals surface area contributed by atoms with E-state index in [1.165, 1.54) is 7.11 Å². The summed E-state index contributed by atoms with van der Waals surface area (Å²) in [5.41, 5.74) is 1.92. The Bertz CT molecular complexity index is 1310. The lowest BCUT2D eigenvalue weighted by Gasteiger charge is -2.17. The number of aromatic nitrogens is 6. The maximum Gasteiger partial charge on any atom is 0.241 e. The molecular weight excluding hydrogens is 470 g/mol. The summed E-state index contributed by atoms with van der Waals surface area (Å²) >= 11 is 0. The molecule has 1 aromatic carbocycles. The minimum atomic E-state index is -1.48. The molecule has 35 heavy (non-hydrogen) atoms. The van der Waals surface area contributed by atoms with Crippen molar-refractivity contribution in [3.05, 3.63) is 60.2 Å². The van der Waals surface area contributed by atoms with Crippen LogP contribution in [0.25, 0.3) is 17.2 Å². The Morgan fingerprint density at radius 1 is 0.943 bits per heavy atom. The zero-order valence-electron chi connectivity index (χ0n) is 19.8. The molecule has 0 aliphatic heterocycles. The number of ether oxygens (including phenoxy) is 3. The van der Waals surface area contributed by atoms with Crippen molar-refractivity contribution in [1.82, 2.24) is 29.7 Å². The largest absolute Gasteiger partial charge is 0.494 e. The van der Waals surface area contributed by atoms with Gasteiger partial charge < -0.3 is 14.2 Å². The zero-order chi connectivity index (χ0) is 24.8. The second-order valence-electron chi connectivity index (χ2n) is 7.30. The highest BCUT2D eigenvalue weighted by Gasteiger charge is 2.24. The molecule has 0 spiro atoms. The zero-order valence-corrected chi connectivity index (χ0v) is 20.6. The van der Waals surface area contributed by atoms with Crippen LogP contribution in [-0.2, 0) is 17.4 Å². The quantitative estimate of drug-likeness (QED) is 0.353. The summed E-state index contributed by atoms with van der Waals surface area (Å²) in [7, 11) is 3.17. The Labute approximate surface area is 205 Å². The van der Waals surface area contributed by atoms with E-state index in [1.807, 2.05) is 13.0 Å². The fraction of sp³-hybridized carbons (Fsp3) is 0.261. The maximum absolute atomic E-state index is 13.0. The first-order chi connectivity index (χ1) is 17.0. The van der Waals surface area contributed by atoms with E-state index in [9.17, 15) is 4.21 Å². The van der Waals surface area contributed by atoms with Crippen LogP contribution in [0.2, 0.25) is 0 Å². The Balaban J connectivity index is 1.73. The molecule has 1 unspecified atom stereocenters. The van der Waals surface area contributed by atoms with Crippen molar-refractivity contribution < 1.29 is 18.4 Å². The first-order valence-corrected chi connectivity index (χ1v) is 12.0. The standard InChI is InChI=1S/C23H25N7O4S/c1-15-24-13-16(14-25-15)11-12-35(31)29-23-28-27-22(17-7-5-10-20(26-17)34-4)30(23)21-18(32-2)8-6-9-19(21)33-3/h5-10,13-14H,11-12H2,1-4H3,(H,28,29). The van der Waals surface area contributed by atoms with Crippen LogP contribution in [0.4, 0.5) is 5.95 Å². The number of benzene rings is 1. The average Bonchev–Trinajstić information content (AvgIpc) is 3.30. The van der Waals surface area contributed by atoms with Gasteiger partial charge in [-0.05, 0) is 37.1 Å². The number of hydrogen-bond acceptors (Lipinski definition) is 9. The third-order valence-corrected chi connectivity index (χ3v) is 6.05. The lowest BCUT2D eigenvalue weighted by atomic mass is 10.2. The van der Waals surface area contributed by atoms with Crippen molar-refractivity contribution in [2.45, 2.75) is 13.3 Å². The first kappa shape index (κ1) is 24.1. The van der Waals surface area contributed by atoms with Crippen molar-refractivity contribution in [1.29, 1.82) is 0 Å². The number of methoxy groups -OCH3 is 3. The molecule has 0 radical (unpaired) electrons. The number of nitrogens with one attached hydrogen (secondary N) is 1. The Morgan fingerprint density at radius 2 is 1.63 bits per heavy atom. The van der Waals surface area contributed by atoms with E-state index >= 15 is 0 Å². The molecule has 1 atom stereocenters. The van der Waals surface area contributed by atoms with Gasteiger partial charge in [0.1, 0.15) is 39.7 Å². The third-order valence-electron chi connectivity index (χ3n) is 5.07. The molecular formula is C23H25N7O4S. The lowest BCUT2D eigenvalue weighted by Crippen LogP contribution is -2.15. The Kier molecular flexibility index (Phi) is 7.51. The van der Waals surface area contributed by atoms with Gasteiger partial charge in [-0.3, -0.25) is 9.29 Å². The van der Waals surface area contributed by atoms with Crippen molar-refractivity contribution in [2.75, 3.05) is 31.8 Å². The molecule has 11 nitrogen and oxygen atoms in total. The van der Waals surface area contributed by atoms with Crippen LogP contribution in [0.3, 0.4) is 0 Å². The lowest BCUT2D eigenvalue weighted by molar-refractivity contribution is 0.391. The van der Waals surface area contributed by atoms with E-state index in [0.29, 0.717) is 52.6 Å². The molecule has 3 heterocycles. The molecule has 4 rings (SSSR count). The molecule has 0 aliphatic rings. The second-order valence-corrected chi connectivity index (χ2v) is 8.60. The Hall–Kier alpha value is -4.06. The summed E-state index contributed by atoms with van der Waals surface area (Å²) in [4.78, 5) is 12.9. The normalized spacial score (nSPS) is 11.7. The topological polar surface area (TPSA) is 126 Å². The molecule has 0 saturated carbocycles. The molecule has 0 amide bonds. The SMILES string of the molecule is COc1cccc(-c2nnc(NS(=O)CCc3cnc(C)nc3)n2-c2c(OC)cccc2OC)n1. The van der Waals surface area contributed by atoms with E-state index in [-0.39, 0.29) is 5.95 Å². The molecule has 0 aliphatic carbocycles. The predicted octanol–water partition coefficient (Wildman–Crippen LogP) is 2.77. The molecule has 182 valence electrons. The number of rotatable bonds is 10. The fourth-order valence-electron chi connectivity index (χ4n) is 3.34. The monoisotopic (exact) mass is 495 g/mol. The highest BCUT2D eigenvalue weighted by molar-refractivity contribution is 7.86. The Morgan fingerprint density at radius 3 is 2.29 bits per heavy atom. The van der Waals surface area contributed by atoms with Crippen LogP contribution < -0.4 is 18.9 Å². The molecule has 12 heteroatoms. The van der Waals surface area contributed by atoms with E-state index < -0.39 is 11.0 Å². The minimum Gasteiger partial charge on any atom is -0.494 e. The maximum atomic E-state index is 13.0. The molecule has 0 fully saturated rings. The number of para-hydroxylation sites is 1. The van der Waals surface area contributed by atoms with Gasteiger partial charge in [-0.2, -0.15) is 0 Å². The molecule has 0 bridgehead atoms. The molecule has 4 aromatic rings. The van der Waals surface area contributed by atoms with Crippen molar-refractivity contribution in [3.8, 4) is 34.6 Å². The molecule has 1 N–H and O–H groups in total. The number of aryl methyl sites for hydroxylation is 2. The average molecular weight is 496 g/mol. The fourth-order valence-corrected chi connectivity index (χ4v) is 4.20. The number of nitrogens with zero attached hydrogens (tertiary/aromatic N) is 6. The van der Waals surface area contributed by atoms with Gasteiger partial charge in [-0.25, -0.2) is 19.2 Å². The minimum absolute atomic E-state index is 0.242. The van der Waals surface area contributed by atoms with E-state index in [4.69, 9.17) is 14.2 Å². The summed E-state index contributed by atoms with van der Waals surface area (Å²) in [5.74, 6) is 3.07. The van der Waals surface area contributed by atoms with E-state index in [0.717, 1.165) is 5.56 Å². The molecule has 0 saturated heterocycles. The third kappa shape index (κ3) is 5.38. The van der Waals surface area contributed by atoms with Crippen LogP contribution in [0.5, 0.6) is 17.4 Å². The highest BCUT2D eigenvalue weighted by atomic mass is 32.2. The van der Waals surface area contributed by atoms with Crippen LogP contribution in [0.15, 0.2) is 48.8 Å². The second kappa shape index (κ2) is 10.9. The van der Waals surface area contributed by atoms with Gasteiger partial charge in [0.05, 0.1) is 21.3 Å². The van der Waals surface area contributed by atoms with E-state index in [1.54, 1.807) is 61.5 Å².